The van der Waals surface area contributed by atoms with Crippen LogP contribution in [0.25, 0.3) is 11.1 Å². The number of para-hydroxylation sites is 2. The van der Waals surface area contributed by atoms with Crippen LogP contribution < -0.4 is 20.1 Å². The summed E-state index contributed by atoms with van der Waals surface area (Å²) in [6.45, 7) is 10.1. The molecule has 7 heteroatoms. The molecule has 0 aliphatic carbocycles. The Balaban J connectivity index is 1.54. The Morgan fingerprint density at radius 1 is 0.842 bits per heavy atom. The van der Waals surface area contributed by atoms with Gasteiger partial charge in [0.05, 0.1) is 12.8 Å². The normalized spacial score (nSPS) is 10.9. The highest BCUT2D eigenvalue weighted by Crippen LogP contribution is 2.33. The Morgan fingerprint density at radius 3 is 2.26 bits per heavy atom. The lowest BCUT2D eigenvalue weighted by molar-refractivity contribution is 0.223. The number of ether oxygens (including phenoxy) is 2. The summed E-state index contributed by atoms with van der Waals surface area (Å²) < 4.78 is 11.5. The summed E-state index contributed by atoms with van der Waals surface area (Å²) in [7, 11) is 1.66. The molecule has 3 aromatic carbocycles. The third-order valence-corrected chi connectivity index (χ3v) is 6.50. The predicted octanol–water partition coefficient (Wildman–Crippen LogP) is 6.92. The van der Waals surface area contributed by atoms with Crippen molar-refractivity contribution in [1.29, 1.82) is 0 Å². The van der Waals surface area contributed by atoms with E-state index in [2.05, 4.69) is 65.6 Å². The first-order chi connectivity index (χ1) is 18.6. The first-order valence-electron chi connectivity index (χ1n) is 13.2. The maximum Gasteiger partial charge on any atom is 0.229 e. The fourth-order valence-electron chi connectivity index (χ4n) is 4.14. The van der Waals surface area contributed by atoms with Crippen molar-refractivity contribution in [3.8, 4) is 22.6 Å². The first kappa shape index (κ1) is 26.9. The second kappa shape index (κ2) is 13.4. The Morgan fingerprint density at radius 2 is 1.58 bits per heavy atom. The van der Waals surface area contributed by atoms with E-state index in [1.807, 2.05) is 54.7 Å². The molecule has 0 atom stereocenters. The highest BCUT2D eigenvalue weighted by atomic mass is 16.5. The monoisotopic (exact) mass is 511 g/mol. The molecule has 198 valence electrons. The van der Waals surface area contributed by atoms with E-state index in [-0.39, 0.29) is 0 Å². The van der Waals surface area contributed by atoms with Crippen molar-refractivity contribution < 1.29 is 9.47 Å². The van der Waals surface area contributed by atoms with E-state index < -0.39 is 0 Å². The van der Waals surface area contributed by atoms with Crippen LogP contribution in [0.4, 0.5) is 23.1 Å². The largest absolute Gasteiger partial charge is 0.495 e. The van der Waals surface area contributed by atoms with Gasteiger partial charge in [-0.15, -0.1) is 0 Å². The standard InChI is InChI=1S/C31H37N5O2/c1-5-23-12-14-24(15-13-23)27-22-32-31(35-30(27)34-28-10-8-9-11-29(28)37-4)33-25-16-18-26(19-17-25)38-21-20-36(6-2)7-3/h8-19,22H,5-7,20-21H2,1-4H3,(H2,32,33,34,35). The number of hydrogen-bond donors (Lipinski definition) is 2. The van der Waals surface area contributed by atoms with E-state index in [0.717, 1.165) is 60.1 Å². The minimum absolute atomic E-state index is 0.492. The quantitative estimate of drug-likeness (QED) is 0.202. The number of benzene rings is 3. The second-order valence-corrected chi connectivity index (χ2v) is 8.86. The first-order valence-corrected chi connectivity index (χ1v) is 13.2. The van der Waals surface area contributed by atoms with E-state index in [1.54, 1.807) is 7.11 Å². The molecule has 4 rings (SSSR count). The average molecular weight is 512 g/mol. The van der Waals surface area contributed by atoms with Crippen LogP contribution in [0.3, 0.4) is 0 Å². The molecule has 1 heterocycles. The molecule has 0 fully saturated rings. The summed E-state index contributed by atoms with van der Waals surface area (Å²) in [6, 6.07) is 24.2. The molecule has 0 spiro atoms. The van der Waals surface area contributed by atoms with Gasteiger partial charge in [-0.25, -0.2) is 4.98 Å². The molecule has 38 heavy (non-hydrogen) atoms. The number of nitrogens with one attached hydrogen (secondary N) is 2. The highest BCUT2D eigenvalue weighted by Gasteiger charge is 2.13. The molecule has 0 unspecified atom stereocenters. The number of rotatable bonds is 13. The van der Waals surface area contributed by atoms with Crippen LogP contribution in [0, 0.1) is 0 Å². The average Bonchev–Trinajstić information content (AvgIpc) is 2.97. The fraction of sp³-hybridized carbons (Fsp3) is 0.290. The van der Waals surface area contributed by atoms with Crippen LogP contribution in [0.2, 0.25) is 0 Å². The topological polar surface area (TPSA) is 71.5 Å². The molecule has 0 saturated carbocycles. The lowest BCUT2D eigenvalue weighted by Gasteiger charge is -2.18. The van der Waals surface area contributed by atoms with Crippen LogP contribution >= 0.6 is 0 Å². The molecule has 7 nitrogen and oxygen atoms in total. The van der Waals surface area contributed by atoms with E-state index in [0.29, 0.717) is 18.4 Å². The Labute approximate surface area is 225 Å². The molecule has 0 bridgehead atoms. The van der Waals surface area contributed by atoms with Gasteiger partial charge in [-0.05, 0) is 67.0 Å². The lowest BCUT2D eigenvalue weighted by atomic mass is 10.0. The summed E-state index contributed by atoms with van der Waals surface area (Å²) in [5.74, 6) is 2.76. The van der Waals surface area contributed by atoms with Crippen molar-refractivity contribution in [3.05, 3.63) is 84.6 Å². The van der Waals surface area contributed by atoms with Gasteiger partial charge < -0.3 is 25.0 Å². The number of anilines is 4. The third-order valence-electron chi connectivity index (χ3n) is 6.50. The van der Waals surface area contributed by atoms with Crippen molar-refractivity contribution in [1.82, 2.24) is 14.9 Å². The van der Waals surface area contributed by atoms with E-state index >= 15 is 0 Å². The van der Waals surface area contributed by atoms with Crippen LogP contribution in [0.15, 0.2) is 79.0 Å². The van der Waals surface area contributed by atoms with Crippen molar-refractivity contribution >= 4 is 23.1 Å². The van der Waals surface area contributed by atoms with Gasteiger partial charge in [0, 0.05) is 24.0 Å². The summed E-state index contributed by atoms with van der Waals surface area (Å²) in [6.07, 6.45) is 2.84. The maximum absolute atomic E-state index is 5.91. The van der Waals surface area contributed by atoms with Gasteiger partial charge in [0.15, 0.2) is 0 Å². The number of methoxy groups -OCH3 is 1. The van der Waals surface area contributed by atoms with E-state index in [1.165, 1.54) is 5.56 Å². The SMILES string of the molecule is CCc1ccc(-c2cnc(Nc3ccc(OCCN(CC)CC)cc3)nc2Nc2ccccc2OC)cc1. The molecule has 2 N–H and O–H groups in total. The molecule has 0 radical (unpaired) electrons. The zero-order chi connectivity index (χ0) is 26.7. The van der Waals surface area contributed by atoms with Gasteiger partial charge >= 0.3 is 0 Å². The van der Waals surface area contributed by atoms with E-state index in [9.17, 15) is 0 Å². The van der Waals surface area contributed by atoms with Crippen molar-refractivity contribution in [3.63, 3.8) is 0 Å². The summed E-state index contributed by atoms with van der Waals surface area (Å²) in [5.41, 5.74) is 4.94. The van der Waals surface area contributed by atoms with Crippen LogP contribution in [0.1, 0.15) is 26.3 Å². The smallest absolute Gasteiger partial charge is 0.229 e. The van der Waals surface area contributed by atoms with Crippen molar-refractivity contribution in [2.45, 2.75) is 27.2 Å². The number of nitrogens with zero attached hydrogens (tertiary/aromatic N) is 3. The predicted molar refractivity (Wildman–Crippen MR) is 156 cm³/mol. The Kier molecular flexibility index (Phi) is 9.54. The van der Waals surface area contributed by atoms with Crippen LogP contribution in [0.5, 0.6) is 11.5 Å². The molecular weight excluding hydrogens is 474 g/mol. The number of aryl methyl sites for hydroxylation is 1. The number of aromatic nitrogens is 2. The molecule has 4 aromatic rings. The van der Waals surface area contributed by atoms with Gasteiger partial charge in [-0.1, -0.05) is 57.2 Å². The minimum Gasteiger partial charge on any atom is -0.495 e. The lowest BCUT2D eigenvalue weighted by Crippen LogP contribution is -2.27. The van der Waals surface area contributed by atoms with Gasteiger partial charge in [0.2, 0.25) is 5.95 Å². The summed E-state index contributed by atoms with van der Waals surface area (Å²) in [4.78, 5) is 11.8. The highest BCUT2D eigenvalue weighted by molar-refractivity contribution is 5.80. The molecule has 0 aliphatic rings. The van der Waals surface area contributed by atoms with Crippen molar-refractivity contribution in [2.75, 3.05) is 44.0 Å². The Hall–Kier alpha value is -4.10. The van der Waals surface area contributed by atoms with Crippen LogP contribution in [-0.2, 0) is 6.42 Å². The van der Waals surface area contributed by atoms with Gasteiger partial charge in [0.25, 0.3) is 0 Å². The molecule has 0 amide bonds. The van der Waals surface area contributed by atoms with Gasteiger partial charge in [0.1, 0.15) is 23.9 Å². The van der Waals surface area contributed by atoms with E-state index in [4.69, 9.17) is 14.5 Å². The van der Waals surface area contributed by atoms with Crippen LogP contribution in [-0.4, -0.2) is 48.2 Å². The molecule has 1 aromatic heterocycles. The van der Waals surface area contributed by atoms with Gasteiger partial charge in [-0.2, -0.15) is 4.98 Å². The Bertz CT molecular complexity index is 1290. The molecular formula is C31H37N5O2. The van der Waals surface area contributed by atoms with Crippen molar-refractivity contribution in [2.24, 2.45) is 0 Å². The zero-order valence-electron chi connectivity index (χ0n) is 22.7. The zero-order valence-corrected chi connectivity index (χ0v) is 22.7. The summed E-state index contributed by atoms with van der Waals surface area (Å²) >= 11 is 0. The molecule has 0 saturated heterocycles. The minimum atomic E-state index is 0.492. The molecule has 0 aliphatic heterocycles. The third kappa shape index (κ3) is 7.01. The van der Waals surface area contributed by atoms with Gasteiger partial charge in [-0.3, -0.25) is 0 Å². The number of likely N-dealkylation sites (N-methyl/N-ethyl adjacent to an activating group) is 1. The fourth-order valence-corrected chi connectivity index (χ4v) is 4.14. The number of hydrogen-bond acceptors (Lipinski definition) is 7. The summed E-state index contributed by atoms with van der Waals surface area (Å²) in [5, 5.41) is 6.77. The second-order valence-electron chi connectivity index (χ2n) is 8.86. The maximum atomic E-state index is 5.91.